The van der Waals surface area contributed by atoms with E-state index in [1.54, 1.807) is 43.3 Å². The molecule has 1 amide bonds. The van der Waals surface area contributed by atoms with Gasteiger partial charge in [0.2, 0.25) is 11.7 Å². The van der Waals surface area contributed by atoms with E-state index in [1.807, 2.05) is 53.1 Å². The third kappa shape index (κ3) is 3.47. The fraction of sp³-hybridized carbons (Fsp3) is 0.0800. The summed E-state index contributed by atoms with van der Waals surface area (Å²) in [6.45, 7) is 1.74. The molecule has 7 nitrogen and oxygen atoms in total. The first-order chi connectivity index (χ1) is 16.0. The SMILES string of the molecule is Cc1nc(-c2cc3ccccc3n2-c2ccc(C(O)(C(=O)NCl)c3ccccc3)cc2)no1. The first kappa shape index (κ1) is 20.9. The number of hydrogen-bond donors (Lipinski definition) is 2. The molecule has 5 rings (SSSR count). The standard InChI is InChI=1S/C25H19ClN4O3/c1-16-27-23(29-33-16)22-15-17-7-5-6-10-21(17)30(22)20-13-11-19(12-14-20)25(32,24(31)28-26)18-8-3-2-4-9-18/h2-15,32H,1H3,(H,28,31). The highest BCUT2D eigenvalue weighted by Gasteiger charge is 2.39. The van der Waals surface area contributed by atoms with Gasteiger partial charge in [-0.15, -0.1) is 0 Å². The Morgan fingerprint density at radius 2 is 1.67 bits per heavy atom. The fourth-order valence-corrected chi connectivity index (χ4v) is 4.17. The van der Waals surface area contributed by atoms with E-state index in [0.717, 1.165) is 22.3 Å². The third-order valence-electron chi connectivity index (χ3n) is 5.62. The maximum atomic E-state index is 12.6. The second kappa shape index (κ2) is 8.20. The zero-order valence-electron chi connectivity index (χ0n) is 17.6. The van der Waals surface area contributed by atoms with Crippen LogP contribution < -0.4 is 4.84 Å². The summed E-state index contributed by atoms with van der Waals surface area (Å²) in [6, 6.07) is 25.7. The molecule has 2 aromatic heterocycles. The van der Waals surface area contributed by atoms with E-state index in [-0.39, 0.29) is 0 Å². The number of benzene rings is 3. The first-order valence-corrected chi connectivity index (χ1v) is 10.6. The van der Waals surface area contributed by atoms with Crippen molar-refractivity contribution in [1.29, 1.82) is 0 Å². The smallest absolute Gasteiger partial charge is 0.275 e. The van der Waals surface area contributed by atoms with Gasteiger partial charge in [-0.3, -0.25) is 9.63 Å². The summed E-state index contributed by atoms with van der Waals surface area (Å²) in [5.41, 5.74) is 1.36. The number of amides is 1. The number of hydrogen-bond acceptors (Lipinski definition) is 5. The van der Waals surface area contributed by atoms with E-state index in [2.05, 4.69) is 15.0 Å². The lowest BCUT2D eigenvalue weighted by Gasteiger charge is -2.27. The van der Waals surface area contributed by atoms with E-state index in [9.17, 15) is 9.90 Å². The van der Waals surface area contributed by atoms with Gasteiger partial charge in [0, 0.05) is 29.8 Å². The molecule has 0 radical (unpaired) electrons. The molecule has 5 aromatic rings. The van der Waals surface area contributed by atoms with E-state index >= 15 is 0 Å². The van der Waals surface area contributed by atoms with Crippen LogP contribution in [0.15, 0.2) is 89.5 Å². The second-order valence-corrected chi connectivity index (χ2v) is 7.80. The van der Waals surface area contributed by atoms with E-state index in [0.29, 0.717) is 22.8 Å². The summed E-state index contributed by atoms with van der Waals surface area (Å²) >= 11 is 5.62. The van der Waals surface area contributed by atoms with Crippen molar-refractivity contribution < 1.29 is 14.4 Å². The van der Waals surface area contributed by atoms with E-state index < -0.39 is 11.5 Å². The highest BCUT2D eigenvalue weighted by molar-refractivity contribution is 6.23. The van der Waals surface area contributed by atoms with Gasteiger partial charge in [0.25, 0.3) is 5.91 Å². The molecule has 0 aliphatic heterocycles. The molecule has 164 valence electrons. The van der Waals surface area contributed by atoms with Crippen LogP contribution in [0, 0.1) is 6.92 Å². The monoisotopic (exact) mass is 458 g/mol. The Bertz CT molecular complexity index is 1440. The summed E-state index contributed by atoms with van der Waals surface area (Å²) in [5.74, 6) is 0.199. The van der Waals surface area contributed by atoms with Crippen LogP contribution in [0.25, 0.3) is 28.1 Å². The van der Waals surface area contributed by atoms with Crippen LogP contribution in [0.1, 0.15) is 17.0 Å². The number of rotatable bonds is 5. The van der Waals surface area contributed by atoms with Crippen molar-refractivity contribution >= 4 is 28.6 Å². The van der Waals surface area contributed by atoms with Crippen LogP contribution in [0.5, 0.6) is 0 Å². The molecule has 0 bridgehead atoms. The minimum Gasteiger partial charge on any atom is -0.372 e. The Balaban J connectivity index is 1.66. The van der Waals surface area contributed by atoms with E-state index in [1.165, 1.54) is 0 Å². The van der Waals surface area contributed by atoms with Gasteiger partial charge in [-0.25, -0.2) is 0 Å². The van der Waals surface area contributed by atoms with Crippen molar-refractivity contribution in [3.8, 4) is 17.2 Å². The van der Waals surface area contributed by atoms with Gasteiger partial charge in [0.1, 0.15) is 0 Å². The van der Waals surface area contributed by atoms with Crippen LogP contribution >= 0.6 is 11.8 Å². The molecule has 3 aromatic carbocycles. The number of carbonyl (C=O) groups excluding carboxylic acids is 1. The maximum Gasteiger partial charge on any atom is 0.275 e. The van der Waals surface area contributed by atoms with Crippen molar-refractivity contribution in [2.75, 3.05) is 0 Å². The Kier molecular flexibility index (Phi) is 5.20. The lowest BCUT2D eigenvalue weighted by atomic mass is 9.85. The Morgan fingerprint density at radius 1 is 1.00 bits per heavy atom. The molecule has 0 saturated heterocycles. The van der Waals surface area contributed by atoms with Crippen LogP contribution in [-0.2, 0) is 10.4 Å². The number of carbonyl (C=O) groups is 1. The number of halogens is 1. The molecule has 1 atom stereocenters. The lowest BCUT2D eigenvalue weighted by Crippen LogP contribution is -2.42. The number of fused-ring (bicyclic) bond motifs is 1. The molecule has 0 aliphatic rings. The van der Waals surface area contributed by atoms with Crippen LogP contribution in [0.4, 0.5) is 0 Å². The maximum absolute atomic E-state index is 12.6. The Morgan fingerprint density at radius 3 is 2.33 bits per heavy atom. The number of aliphatic hydroxyl groups is 1. The summed E-state index contributed by atoms with van der Waals surface area (Å²) < 4.78 is 7.20. The molecular formula is C25H19ClN4O3. The van der Waals surface area contributed by atoms with Gasteiger partial charge in [0.15, 0.2) is 5.60 Å². The fourth-order valence-electron chi connectivity index (χ4n) is 4.03. The normalized spacial score (nSPS) is 13.1. The molecule has 33 heavy (non-hydrogen) atoms. The molecule has 0 saturated carbocycles. The van der Waals surface area contributed by atoms with Gasteiger partial charge in [0.05, 0.1) is 11.2 Å². The highest BCUT2D eigenvalue weighted by Crippen LogP contribution is 2.34. The van der Waals surface area contributed by atoms with Crippen molar-refractivity contribution in [2.24, 2.45) is 0 Å². The van der Waals surface area contributed by atoms with Gasteiger partial charge in [-0.1, -0.05) is 65.8 Å². The predicted molar refractivity (Wildman–Crippen MR) is 125 cm³/mol. The highest BCUT2D eigenvalue weighted by atomic mass is 35.5. The molecular weight excluding hydrogens is 440 g/mol. The number of nitrogens with zero attached hydrogens (tertiary/aromatic N) is 3. The van der Waals surface area contributed by atoms with Gasteiger partial charge in [-0.05, 0) is 35.4 Å². The van der Waals surface area contributed by atoms with E-state index in [4.69, 9.17) is 16.3 Å². The minimum atomic E-state index is -1.95. The van der Waals surface area contributed by atoms with Crippen molar-refractivity contribution in [1.82, 2.24) is 19.5 Å². The van der Waals surface area contributed by atoms with Gasteiger partial charge in [-0.2, -0.15) is 4.98 Å². The van der Waals surface area contributed by atoms with Crippen LogP contribution in [0.3, 0.4) is 0 Å². The summed E-state index contributed by atoms with van der Waals surface area (Å²) in [4.78, 5) is 19.1. The quantitative estimate of drug-likeness (QED) is 0.378. The largest absolute Gasteiger partial charge is 0.372 e. The molecule has 1 unspecified atom stereocenters. The number of para-hydroxylation sites is 1. The number of aryl methyl sites for hydroxylation is 1. The molecule has 8 heteroatoms. The number of nitrogens with one attached hydrogen (secondary N) is 1. The summed E-state index contributed by atoms with van der Waals surface area (Å²) in [5, 5.41) is 16.5. The van der Waals surface area contributed by atoms with Gasteiger partial charge >= 0.3 is 0 Å². The lowest BCUT2D eigenvalue weighted by molar-refractivity contribution is -0.134. The third-order valence-corrected chi connectivity index (χ3v) is 5.79. The van der Waals surface area contributed by atoms with Gasteiger partial charge < -0.3 is 14.2 Å². The van der Waals surface area contributed by atoms with Crippen molar-refractivity contribution in [3.05, 3.63) is 102 Å². The molecule has 0 aliphatic carbocycles. The minimum absolute atomic E-state index is 0.379. The Hall–Kier alpha value is -3.94. The molecule has 0 fully saturated rings. The molecule has 2 N–H and O–H groups in total. The summed E-state index contributed by atoms with van der Waals surface area (Å²) in [6.07, 6.45) is 0. The predicted octanol–water partition coefficient (Wildman–Crippen LogP) is 4.49. The molecule has 2 heterocycles. The Labute approximate surface area is 194 Å². The first-order valence-electron chi connectivity index (χ1n) is 10.2. The second-order valence-electron chi connectivity index (χ2n) is 7.61. The number of aromatic nitrogens is 3. The van der Waals surface area contributed by atoms with Crippen molar-refractivity contribution in [2.45, 2.75) is 12.5 Å². The zero-order chi connectivity index (χ0) is 23.0. The van der Waals surface area contributed by atoms with Crippen LogP contribution in [0.2, 0.25) is 0 Å². The zero-order valence-corrected chi connectivity index (χ0v) is 18.3. The average Bonchev–Trinajstić information content (AvgIpc) is 3.47. The molecule has 0 spiro atoms. The van der Waals surface area contributed by atoms with Crippen molar-refractivity contribution in [3.63, 3.8) is 0 Å². The summed E-state index contributed by atoms with van der Waals surface area (Å²) in [7, 11) is 0. The topological polar surface area (TPSA) is 93.2 Å². The van der Waals surface area contributed by atoms with Crippen LogP contribution in [-0.4, -0.2) is 25.7 Å². The average molecular weight is 459 g/mol.